The molecule has 1 aliphatic rings. The maximum Gasteiger partial charge on any atom is 0.253 e. The first-order chi connectivity index (χ1) is 14.2. The summed E-state index contributed by atoms with van der Waals surface area (Å²) in [5.41, 5.74) is 2.61. The van der Waals surface area contributed by atoms with Gasteiger partial charge in [-0.15, -0.1) is 0 Å². The minimum absolute atomic E-state index is 0.198. The third-order valence-electron chi connectivity index (χ3n) is 5.08. The van der Waals surface area contributed by atoms with Crippen LogP contribution in [0, 0.1) is 5.82 Å². The quantitative estimate of drug-likeness (QED) is 0.702. The van der Waals surface area contributed by atoms with Crippen LogP contribution in [-0.4, -0.2) is 30.5 Å². The number of halogens is 1. The van der Waals surface area contributed by atoms with Crippen molar-refractivity contribution >= 4 is 11.7 Å². The van der Waals surface area contributed by atoms with Crippen molar-refractivity contribution in [2.24, 2.45) is 0 Å². The molecule has 0 saturated carbocycles. The fourth-order valence-electron chi connectivity index (χ4n) is 3.46. The molecule has 6 heteroatoms. The van der Waals surface area contributed by atoms with E-state index in [1.54, 1.807) is 24.4 Å². The lowest BCUT2D eigenvalue weighted by Gasteiger charge is -2.34. The number of anilines is 1. The van der Waals surface area contributed by atoms with Gasteiger partial charge in [0.05, 0.1) is 5.56 Å². The summed E-state index contributed by atoms with van der Waals surface area (Å²) in [5, 5.41) is 6.38. The second-order valence-corrected chi connectivity index (χ2v) is 7.08. The number of carbonyl (C=O) groups is 1. The summed E-state index contributed by atoms with van der Waals surface area (Å²) in [7, 11) is 0. The van der Waals surface area contributed by atoms with Gasteiger partial charge in [0.15, 0.2) is 0 Å². The first-order valence-corrected chi connectivity index (χ1v) is 9.71. The summed E-state index contributed by atoms with van der Waals surface area (Å²) in [4.78, 5) is 19.1. The van der Waals surface area contributed by atoms with Crippen LogP contribution in [0.1, 0.15) is 27.5 Å². The van der Waals surface area contributed by atoms with Gasteiger partial charge in [-0.1, -0.05) is 42.5 Å². The van der Waals surface area contributed by atoms with Crippen molar-refractivity contribution in [1.82, 2.24) is 15.6 Å². The van der Waals surface area contributed by atoms with Gasteiger partial charge < -0.3 is 15.5 Å². The molecule has 1 saturated heterocycles. The van der Waals surface area contributed by atoms with Gasteiger partial charge in [-0.3, -0.25) is 4.79 Å². The predicted octanol–water partition coefficient (Wildman–Crippen LogP) is 3.30. The Morgan fingerprint density at radius 3 is 2.62 bits per heavy atom. The molecule has 5 nitrogen and oxygen atoms in total. The molecule has 3 aromatic rings. The Balaban J connectivity index is 1.37. The second kappa shape index (κ2) is 8.84. The van der Waals surface area contributed by atoms with Crippen molar-refractivity contribution in [1.29, 1.82) is 0 Å². The minimum Gasteiger partial charge on any atom is -0.353 e. The molecule has 29 heavy (non-hydrogen) atoms. The summed E-state index contributed by atoms with van der Waals surface area (Å²) in [5.74, 6) is 0.376. The Bertz CT molecular complexity index is 945. The van der Waals surface area contributed by atoms with E-state index in [2.05, 4.69) is 32.7 Å². The van der Waals surface area contributed by atoms with E-state index in [4.69, 9.17) is 0 Å². The molecule has 2 N–H and O–H groups in total. The highest BCUT2D eigenvalue weighted by Crippen LogP contribution is 2.21. The van der Waals surface area contributed by atoms with Crippen LogP contribution >= 0.6 is 0 Å². The van der Waals surface area contributed by atoms with E-state index < -0.39 is 0 Å². The highest BCUT2D eigenvalue weighted by atomic mass is 19.1. The Labute approximate surface area is 169 Å². The van der Waals surface area contributed by atoms with Crippen LogP contribution < -0.4 is 15.5 Å². The van der Waals surface area contributed by atoms with Crippen molar-refractivity contribution in [3.63, 3.8) is 0 Å². The number of hydrogen-bond donors (Lipinski definition) is 2. The molecule has 1 atom stereocenters. The molecular formula is C23H23FN4O. The smallest absolute Gasteiger partial charge is 0.253 e. The Kier molecular flexibility index (Phi) is 5.81. The number of amides is 1. The van der Waals surface area contributed by atoms with Crippen molar-refractivity contribution in [2.75, 3.05) is 24.5 Å². The number of piperazine rings is 1. The molecule has 148 valence electrons. The fourth-order valence-corrected chi connectivity index (χ4v) is 3.46. The third kappa shape index (κ3) is 4.78. The van der Waals surface area contributed by atoms with Gasteiger partial charge in [-0.25, -0.2) is 9.37 Å². The number of nitrogens with one attached hydrogen (secondary N) is 2. The normalized spacial score (nSPS) is 16.4. The zero-order valence-corrected chi connectivity index (χ0v) is 16.0. The van der Waals surface area contributed by atoms with Crippen LogP contribution in [0.4, 0.5) is 10.2 Å². The Hall–Kier alpha value is -3.25. The summed E-state index contributed by atoms with van der Waals surface area (Å²) in [6.45, 7) is 2.91. The van der Waals surface area contributed by atoms with E-state index in [0.717, 1.165) is 31.0 Å². The largest absolute Gasteiger partial charge is 0.353 e. The molecule has 1 aliphatic heterocycles. The summed E-state index contributed by atoms with van der Waals surface area (Å²) < 4.78 is 13.0. The molecule has 2 heterocycles. The number of pyridine rings is 1. The van der Waals surface area contributed by atoms with Gasteiger partial charge in [0.25, 0.3) is 5.91 Å². The van der Waals surface area contributed by atoms with Crippen molar-refractivity contribution in [3.8, 4) is 0 Å². The molecule has 0 radical (unpaired) electrons. The van der Waals surface area contributed by atoms with Gasteiger partial charge >= 0.3 is 0 Å². The van der Waals surface area contributed by atoms with Gasteiger partial charge in [-0.2, -0.15) is 0 Å². The maximum absolute atomic E-state index is 13.0. The molecule has 0 spiro atoms. The number of rotatable bonds is 5. The van der Waals surface area contributed by atoms with Gasteiger partial charge in [0, 0.05) is 38.4 Å². The van der Waals surface area contributed by atoms with Crippen molar-refractivity contribution in [2.45, 2.75) is 12.6 Å². The third-order valence-corrected chi connectivity index (χ3v) is 5.08. The molecule has 4 rings (SSSR count). The first kappa shape index (κ1) is 19.1. The monoisotopic (exact) mass is 390 g/mol. The SMILES string of the molecule is O=C(NCc1ccc(F)cc1)c1ccc(N2CCN[C@@H](c3ccccc3)C2)nc1. The van der Waals surface area contributed by atoms with Crippen LogP contribution in [-0.2, 0) is 6.54 Å². The van der Waals surface area contributed by atoms with Crippen molar-refractivity contribution in [3.05, 3.63) is 95.4 Å². The van der Waals surface area contributed by atoms with Gasteiger partial charge in [-0.05, 0) is 35.4 Å². The number of hydrogen-bond acceptors (Lipinski definition) is 4. The molecule has 2 aromatic carbocycles. The average molecular weight is 390 g/mol. The molecule has 1 amide bonds. The molecule has 1 fully saturated rings. The molecule has 0 aliphatic carbocycles. The fraction of sp³-hybridized carbons (Fsp3) is 0.217. The maximum atomic E-state index is 13.0. The summed E-state index contributed by atoms with van der Waals surface area (Å²) >= 11 is 0. The van der Waals surface area contributed by atoms with Crippen LogP contribution in [0.5, 0.6) is 0 Å². The lowest BCUT2D eigenvalue weighted by Crippen LogP contribution is -2.46. The highest BCUT2D eigenvalue weighted by molar-refractivity contribution is 5.94. The number of carbonyl (C=O) groups excluding carboxylic acids is 1. The first-order valence-electron chi connectivity index (χ1n) is 9.71. The lowest BCUT2D eigenvalue weighted by molar-refractivity contribution is 0.0950. The summed E-state index contributed by atoms with van der Waals surface area (Å²) in [6.07, 6.45) is 1.61. The summed E-state index contributed by atoms with van der Waals surface area (Å²) in [6, 6.07) is 20.4. The van der Waals surface area contributed by atoms with Crippen LogP contribution in [0.25, 0.3) is 0 Å². The van der Waals surface area contributed by atoms with Crippen LogP contribution in [0.2, 0.25) is 0 Å². The topological polar surface area (TPSA) is 57.3 Å². The molecule has 0 bridgehead atoms. The van der Waals surface area contributed by atoms with E-state index in [1.165, 1.54) is 17.7 Å². The van der Waals surface area contributed by atoms with E-state index in [0.29, 0.717) is 12.1 Å². The zero-order valence-electron chi connectivity index (χ0n) is 16.0. The van der Waals surface area contributed by atoms with E-state index in [9.17, 15) is 9.18 Å². The van der Waals surface area contributed by atoms with Crippen LogP contribution in [0.15, 0.2) is 72.9 Å². The van der Waals surface area contributed by atoms with Crippen molar-refractivity contribution < 1.29 is 9.18 Å². The Morgan fingerprint density at radius 1 is 1.10 bits per heavy atom. The molecule has 0 unspecified atom stereocenters. The van der Waals surface area contributed by atoms with E-state index in [-0.39, 0.29) is 17.8 Å². The Morgan fingerprint density at radius 2 is 1.90 bits per heavy atom. The predicted molar refractivity (Wildman–Crippen MR) is 111 cm³/mol. The highest BCUT2D eigenvalue weighted by Gasteiger charge is 2.21. The van der Waals surface area contributed by atoms with Gasteiger partial charge in [0.2, 0.25) is 0 Å². The van der Waals surface area contributed by atoms with Crippen LogP contribution in [0.3, 0.4) is 0 Å². The number of nitrogens with zero attached hydrogens (tertiary/aromatic N) is 2. The molecular weight excluding hydrogens is 367 g/mol. The zero-order chi connectivity index (χ0) is 20.1. The van der Waals surface area contributed by atoms with E-state index in [1.807, 2.05) is 24.3 Å². The second-order valence-electron chi connectivity index (χ2n) is 7.08. The lowest BCUT2D eigenvalue weighted by atomic mass is 10.0. The molecule has 1 aromatic heterocycles. The van der Waals surface area contributed by atoms with Gasteiger partial charge in [0.1, 0.15) is 11.6 Å². The average Bonchev–Trinajstić information content (AvgIpc) is 2.79. The standard InChI is InChI=1S/C23H23FN4O/c24-20-9-6-17(7-10-20)14-27-23(29)19-8-11-22(26-15-19)28-13-12-25-21(16-28)18-4-2-1-3-5-18/h1-11,15,21,25H,12-14,16H2,(H,27,29)/t21-/m1/s1. The van der Waals surface area contributed by atoms with E-state index >= 15 is 0 Å². The minimum atomic E-state index is -0.290. The number of aromatic nitrogens is 1. The number of benzene rings is 2.